The lowest BCUT2D eigenvalue weighted by Crippen LogP contribution is -2.44. The Labute approximate surface area is 235 Å². The third kappa shape index (κ3) is 7.64. The minimum Gasteiger partial charge on any atom is -0.494 e. The minimum atomic E-state index is -0.197. The molecule has 0 aliphatic heterocycles. The van der Waals surface area contributed by atoms with Crippen LogP contribution in [0.25, 0.3) is 10.9 Å². The van der Waals surface area contributed by atoms with E-state index in [4.69, 9.17) is 16.3 Å². The van der Waals surface area contributed by atoms with Crippen LogP contribution < -0.4 is 4.74 Å². The van der Waals surface area contributed by atoms with E-state index in [1.54, 1.807) is 29.2 Å². The second-order valence-corrected chi connectivity index (χ2v) is 10.5. The van der Waals surface area contributed by atoms with Gasteiger partial charge in [0.2, 0.25) is 5.91 Å². The maximum Gasteiger partial charge on any atom is 0.254 e. The monoisotopic (exact) mass is 545 g/mol. The topological polar surface area (TPSA) is 65.6 Å². The number of carbonyl (C=O) groups excluding carboxylic acids is 2. The maximum atomic E-state index is 13.8. The van der Waals surface area contributed by atoms with Crippen molar-refractivity contribution in [3.63, 3.8) is 0 Å². The highest BCUT2D eigenvalue weighted by Gasteiger charge is 2.24. The molecule has 0 unspecified atom stereocenters. The smallest absolute Gasteiger partial charge is 0.254 e. The fourth-order valence-corrected chi connectivity index (χ4v) is 4.88. The van der Waals surface area contributed by atoms with Crippen molar-refractivity contribution in [1.82, 2.24) is 14.8 Å². The van der Waals surface area contributed by atoms with E-state index in [-0.39, 0.29) is 24.3 Å². The average Bonchev–Trinajstić information content (AvgIpc) is 3.34. The van der Waals surface area contributed by atoms with Crippen molar-refractivity contribution in [2.24, 2.45) is 5.92 Å². The minimum absolute atomic E-state index is 0.00552. The summed E-state index contributed by atoms with van der Waals surface area (Å²) < 4.78 is 5.58. The van der Waals surface area contributed by atoms with Gasteiger partial charge in [0.05, 0.1) is 6.61 Å². The van der Waals surface area contributed by atoms with Gasteiger partial charge >= 0.3 is 0 Å². The molecular formula is C32H36ClN3O3. The van der Waals surface area contributed by atoms with Gasteiger partial charge in [0.25, 0.3) is 5.91 Å². The predicted octanol–water partition coefficient (Wildman–Crippen LogP) is 6.59. The van der Waals surface area contributed by atoms with Gasteiger partial charge in [-0.05, 0) is 66.8 Å². The molecule has 0 atom stereocenters. The van der Waals surface area contributed by atoms with Crippen LogP contribution >= 0.6 is 11.6 Å². The van der Waals surface area contributed by atoms with Gasteiger partial charge in [0.1, 0.15) is 12.3 Å². The van der Waals surface area contributed by atoms with Gasteiger partial charge in [0, 0.05) is 47.3 Å². The van der Waals surface area contributed by atoms with E-state index < -0.39 is 0 Å². The summed E-state index contributed by atoms with van der Waals surface area (Å²) in [7, 11) is 0. The van der Waals surface area contributed by atoms with Crippen LogP contribution in [-0.4, -0.2) is 52.8 Å². The molecule has 0 aliphatic rings. The molecule has 1 heterocycles. The van der Waals surface area contributed by atoms with E-state index in [0.717, 1.165) is 27.8 Å². The van der Waals surface area contributed by atoms with Crippen LogP contribution in [0.1, 0.15) is 42.3 Å². The van der Waals surface area contributed by atoms with Gasteiger partial charge in [-0.1, -0.05) is 61.8 Å². The lowest BCUT2D eigenvalue weighted by Gasteiger charge is -2.29. The number of carbonyl (C=O) groups is 2. The van der Waals surface area contributed by atoms with Crippen LogP contribution in [0.2, 0.25) is 5.02 Å². The van der Waals surface area contributed by atoms with E-state index in [0.29, 0.717) is 43.2 Å². The Kier molecular flexibility index (Phi) is 9.66. The Hall–Kier alpha value is -3.77. The molecule has 0 saturated heterocycles. The van der Waals surface area contributed by atoms with Crippen molar-refractivity contribution in [3.8, 4) is 5.75 Å². The Bertz CT molecular complexity index is 1400. The summed E-state index contributed by atoms with van der Waals surface area (Å²) in [5.74, 6) is 0.705. The molecule has 204 valence electrons. The number of hydrogen-bond acceptors (Lipinski definition) is 3. The van der Waals surface area contributed by atoms with Crippen LogP contribution in [0.3, 0.4) is 0 Å². The number of para-hydroxylation sites is 1. The molecule has 0 fully saturated rings. The number of H-pyrrole nitrogens is 1. The first kappa shape index (κ1) is 28.2. The van der Waals surface area contributed by atoms with Gasteiger partial charge < -0.3 is 19.5 Å². The number of rotatable bonds is 12. The number of benzene rings is 3. The lowest BCUT2D eigenvalue weighted by molar-refractivity contribution is -0.132. The van der Waals surface area contributed by atoms with E-state index in [1.807, 2.05) is 74.3 Å². The number of fused-ring (bicyclic) bond motifs is 1. The highest BCUT2D eigenvalue weighted by molar-refractivity contribution is 6.31. The molecule has 2 amide bonds. The van der Waals surface area contributed by atoms with Crippen molar-refractivity contribution in [3.05, 3.63) is 101 Å². The summed E-state index contributed by atoms with van der Waals surface area (Å²) in [4.78, 5) is 34.0. The molecule has 0 radical (unpaired) electrons. The molecule has 7 heteroatoms. The first-order valence-corrected chi connectivity index (χ1v) is 13.8. The molecule has 6 nitrogen and oxygen atoms in total. The molecule has 0 aliphatic carbocycles. The van der Waals surface area contributed by atoms with Crippen LogP contribution in [0.15, 0.2) is 79.0 Å². The van der Waals surface area contributed by atoms with E-state index in [2.05, 4.69) is 11.1 Å². The lowest BCUT2D eigenvalue weighted by atomic mass is 10.1. The zero-order valence-corrected chi connectivity index (χ0v) is 23.6. The zero-order chi connectivity index (χ0) is 27.8. The van der Waals surface area contributed by atoms with Crippen molar-refractivity contribution in [2.45, 2.75) is 33.7 Å². The van der Waals surface area contributed by atoms with Gasteiger partial charge in [-0.25, -0.2) is 0 Å². The third-order valence-electron chi connectivity index (χ3n) is 6.56. The van der Waals surface area contributed by atoms with Gasteiger partial charge in [-0.2, -0.15) is 0 Å². The summed E-state index contributed by atoms with van der Waals surface area (Å²) in [6.45, 7) is 8.05. The van der Waals surface area contributed by atoms with Crippen LogP contribution in [0, 0.1) is 5.92 Å². The number of aromatic amines is 1. The predicted molar refractivity (Wildman–Crippen MR) is 157 cm³/mol. The zero-order valence-electron chi connectivity index (χ0n) is 22.8. The Morgan fingerprint density at radius 3 is 2.46 bits per heavy atom. The Morgan fingerprint density at radius 1 is 0.974 bits per heavy atom. The number of amides is 2. The molecule has 0 saturated carbocycles. The fraction of sp³-hybridized carbons (Fsp3) is 0.312. The highest BCUT2D eigenvalue weighted by atomic mass is 35.5. The van der Waals surface area contributed by atoms with Crippen LogP contribution in [0.4, 0.5) is 0 Å². The van der Waals surface area contributed by atoms with Gasteiger partial charge in [-0.3, -0.25) is 9.59 Å². The number of nitrogens with one attached hydrogen (secondary N) is 1. The molecule has 39 heavy (non-hydrogen) atoms. The fourth-order valence-electron chi connectivity index (χ4n) is 4.69. The number of nitrogens with zero attached hydrogens (tertiary/aromatic N) is 2. The van der Waals surface area contributed by atoms with E-state index in [9.17, 15) is 9.59 Å². The van der Waals surface area contributed by atoms with Crippen molar-refractivity contribution >= 4 is 34.3 Å². The summed E-state index contributed by atoms with van der Waals surface area (Å²) >= 11 is 6.15. The molecule has 0 spiro atoms. The normalized spacial score (nSPS) is 11.1. The second-order valence-electron chi connectivity index (χ2n) is 10.1. The van der Waals surface area contributed by atoms with Crippen LogP contribution in [-0.2, 0) is 17.8 Å². The highest BCUT2D eigenvalue weighted by Crippen LogP contribution is 2.20. The number of halogens is 1. The van der Waals surface area contributed by atoms with E-state index >= 15 is 0 Å². The van der Waals surface area contributed by atoms with Crippen molar-refractivity contribution in [1.29, 1.82) is 0 Å². The standard InChI is InChI=1S/C32H36ClN3O3/c1-4-39-28-14-12-24(13-15-28)21-35(17-16-26-19-34-30-11-6-5-10-29(26)30)31(37)22-36(20-23(2)3)32(38)25-8-7-9-27(33)18-25/h5-15,18-19,23,34H,4,16-17,20-22H2,1-3H3. The summed E-state index contributed by atoms with van der Waals surface area (Å²) in [6.07, 6.45) is 2.71. The summed E-state index contributed by atoms with van der Waals surface area (Å²) in [5, 5.41) is 1.65. The number of ether oxygens (including phenoxy) is 1. The summed E-state index contributed by atoms with van der Waals surface area (Å²) in [5.41, 5.74) is 3.71. The molecule has 1 aromatic heterocycles. The number of hydrogen-bond donors (Lipinski definition) is 1. The largest absolute Gasteiger partial charge is 0.494 e. The maximum absolute atomic E-state index is 13.8. The number of aromatic nitrogens is 1. The Morgan fingerprint density at radius 2 is 1.74 bits per heavy atom. The third-order valence-corrected chi connectivity index (χ3v) is 6.79. The quantitative estimate of drug-likeness (QED) is 0.218. The van der Waals surface area contributed by atoms with Crippen LogP contribution in [0.5, 0.6) is 5.75 Å². The second kappa shape index (κ2) is 13.3. The average molecular weight is 546 g/mol. The molecule has 1 N–H and O–H groups in total. The molecule has 3 aromatic carbocycles. The van der Waals surface area contributed by atoms with Gasteiger partial charge in [-0.15, -0.1) is 0 Å². The Balaban J connectivity index is 1.55. The first-order valence-electron chi connectivity index (χ1n) is 13.4. The molecule has 0 bridgehead atoms. The van der Waals surface area contributed by atoms with E-state index in [1.165, 1.54) is 0 Å². The molecule has 4 aromatic rings. The first-order chi connectivity index (χ1) is 18.8. The summed E-state index contributed by atoms with van der Waals surface area (Å²) in [6, 6.07) is 22.9. The van der Waals surface area contributed by atoms with Gasteiger partial charge in [0.15, 0.2) is 0 Å². The molecule has 4 rings (SSSR count). The van der Waals surface area contributed by atoms with Crippen molar-refractivity contribution in [2.75, 3.05) is 26.2 Å². The molecular weight excluding hydrogens is 510 g/mol. The van der Waals surface area contributed by atoms with Crippen molar-refractivity contribution < 1.29 is 14.3 Å². The SMILES string of the molecule is CCOc1ccc(CN(CCc2c[nH]c3ccccc23)C(=O)CN(CC(C)C)C(=O)c2cccc(Cl)c2)cc1.